The molecule has 4 rings (SSSR count). The smallest absolute Gasteiger partial charge is 0.256 e. The Hall–Kier alpha value is -1.52. The van der Waals surface area contributed by atoms with E-state index in [1.165, 1.54) is 23.3 Å². The molecule has 1 aliphatic carbocycles. The van der Waals surface area contributed by atoms with Gasteiger partial charge in [-0.2, -0.15) is 0 Å². The molecule has 1 atom stereocenters. The molecule has 108 valence electrons. The van der Waals surface area contributed by atoms with Gasteiger partial charge in [-0.25, -0.2) is 0 Å². The molecule has 0 fully saturated rings. The minimum Gasteiger partial charge on any atom is -0.353 e. The van der Waals surface area contributed by atoms with Crippen molar-refractivity contribution in [3.63, 3.8) is 0 Å². The highest BCUT2D eigenvalue weighted by molar-refractivity contribution is 7.16. The Kier molecular flexibility index (Phi) is 3.16. The van der Waals surface area contributed by atoms with Crippen molar-refractivity contribution in [1.29, 1.82) is 0 Å². The zero-order valence-electron chi connectivity index (χ0n) is 11.4. The average Bonchev–Trinajstić information content (AvgIpc) is 2.86. The molecule has 0 bridgehead atoms. The number of halogens is 1. The second-order valence-electron chi connectivity index (χ2n) is 5.52. The van der Waals surface area contributed by atoms with E-state index in [9.17, 15) is 4.79 Å². The number of thiophene rings is 1. The zero-order valence-corrected chi connectivity index (χ0v) is 13.0. The number of carbonyl (C=O) groups is 1. The second kappa shape index (κ2) is 5.04. The minimum atomic E-state index is -0.178. The third kappa shape index (κ3) is 2.23. The van der Waals surface area contributed by atoms with E-state index in [-0.39, 0.29) is 12.1 Å². The van der Waals surface area contributed by atoms with Gasteiger partial charge >= 0.3 is 0 Å². The zero-order chi connectivity index (χ0) is 14.4. The van der Waals surface area contributed by atoms with Crippen molar-refractivity contribution in [3.8, 4) is 0 Å². The first-order valence-electron chi connectivity index (χ1n) is 7.20. The van der Waals surface area contributed by atoms with Gasteiger partial charge in [-0.05, 0) is 48.9 Å². The molecule has 0 saturated carbocycles. The molecule has 2 heterocycles. The number of aryl methyl sites for hydroxylation is 1. The first kappa shape index (κ1) is 13.2. The number of carbonyl (C=O) groups excluding carboxylic acids is 1. The maximum absolute atomic E-state index is 12.5. The molecule has 1 aromatic heterocycles. The summed E-state index contributed by atoms with van der Waals surface area (Å²) in [7, 11) is 0. The Morgan fingerprint density at radius 2 is 1.86 bits per heavy atom. The fourth-order valence-corrected chi connectivity index (χ4v) is 4.54. The Morgan fingerprint density at radius 3 is 2.67 bits per heavy atom. The molecule has 1 amide bonds. The molecule has 0 spiro atoms. The van der Waals surface area contributed by atoms with Gasteiger partial charge in [-0.1, -0.05) is 23.7 Å². The van der Waals surface area contributed by atoms with E-state index < -0.39 is 0 Å². The number of fused-ring (bicyclic) bond motifs is 3. The van der Waals surface area contributed by atoms with Gasteiger partial charge < -0.3 is 10.6 Å². The predicted molar refractivity (Wildman–Crippen MR) is 86.2 cm³/mol. The monoisotopic (exact) mass is 318 g/mol. The van der Waals surface area contributed by atoms with Crippen LogP contribution in [0.1, 0.15) is 45.4 Å². The third-order valence-corrected chi connectivity index (χ3v) is 5.63. The summed E-state index contributed by atoms with van der Waals surface area (Å²) in [6.07, 6.45) is 4.37. The summed E-state index contributed by atoms with van der Waals surface area (Å²) in [5, 5.41) is 8.24. The van der Waals surface area contributed by atoms with Crippen molar-refractivity contribution in [3.05, 3.63) is 50.9 Å². The van der Waals surface area contributed by atoms with E-state index in [2.05, 4.69) is 10.6 Å². The van der Waals surface area contributed by atoms with Crippen LogP contribution >= 0.6 is 22.9 Å². The van der Waals surface area contributed by atoms with Crippen LogP contribution < -0.4 is 10.6 Å². The second-order valence-corrected chi connectivity index (χ2v) is 7.06. The first-order valence-corrected chi connectivity index (χ1v) is 8.39. The molecule has 0 unspecified atom stereocenters. The molecule has 2 aromatic rings. The van der Waals surface area contributed by atoms with Crippen molar-refractivity contribution in [2.45, 2.75) is 31.8 Å². The number of hydrogen-bond acceptors (Lipinski definition) is 3. The van der Waals surface area contributed by atoms with Crippen molar-refractivity contribution in [2.24, 2.45) is 0 Å². The van der Waals surface area contributed by atoms with Crippen LogP contribution in [-0.4, -0.2) is 5.91 Å². The minimum absolute atomic E-state index is 0.0445. The lowest BCUT2D eigenvalue weighted by molar-refractivity contribution is 0.0935. The summed E-state index contributed by atoms with van der Waals surface area (Å²) < 4.78 is 0. The van der Waals surface area contributed by atoms with Crippen LogP contribution in [-0.2, 0) is 12.8 Å². The van der Waals surface area contributed by atoms with Crippen LogP contribution in [0.2, 0.25) is 5.02 Å². The standard InChI is InChI=1S/C16H15ClN2OS/c17-10-7-5-9(6-8-10)14-18-15(20)13-11-3-1-2-4-12(11)21-16(13)19-14/h5-8,14,19H,1-4H2,(H,18,20)/t14-/m0/s1. The lowest BCUT2D eigenvalue weighted by atomic mass is 9.94. The molecular weight excluding hydrogens is 304 g/mol. The van der Waals surface area contributed by atoms with E-state index in [1.807, 2.05) is 24.3 Å². The Balaban J connectivity index is 1.70. The topological polar surface area (TPSA) is 41.1 Å². The van der Waals surface area contributed by atoms with Gasteiger partial charge in [0, 0.05) is 9.90 Å². The molecule has 21 heavy (non-hydrogen) atoms. The lowest BCUT2D eigenvalue weighted by Crippen LogP contribution is -2.38. The largest absolute Gasteiger partial charge is 0.353 e. The molecule has 0 radical (unpaired) electrons. The molecule has 1 aliphatic heterocycles. The summed E-state index contributed by atoms with van der Waals surface area (Å²) >= 11 is 7.67. The Morgan fingerprint density at radius 1 is 1.10 bits per heavy atom. The van der Waals surface area contributed by atoms with Crippen LogP contribution in [0.4, 0.5) is 5.00 Å². The van der Waals surface area contributed by atoms with Crippen molar-refractivity contribution >= 4 is 33.8 Å². The number of benzene rings is 1. The van der Waals surface area contributed by atoms with Gasteiger partial charge in [0.05, 0.1) is 5.56 Å². The number of anilines is 1. The van der Waals surface area contributed by atoms with Crippen LogP contribution in [0, 0.1) is 0 Å². The van der Waals surface area contributed by atoms with Gasteiger partial charge in [0.2, 0.25) is 0 Å². The quantitative estimate of drug-likeness (QED) is 0.830. The first-order chi connectivity index (χ1) is 10.2. The maximum Gasteiger partial charge on any atom is 0.256 e. The number of hydrogen-bond donors (Lipinski definition) is 2. The van der Waals surface area contributed by atoms with E-state index >= 15 is 0 Å². The lowest BCUT2D eigenvalue weighted by Gasteiger charge is -2.26. The van der Waals surface area contributed by atoms with E-state index in [0.717, 1.165) is 29.0 Å². The van der Waals surface area contributed by atoms with Gasteiger partial charge in [0.15, 0.2) is 0 Å². The summed E-state index contributed by atoms with van der Waals surface area (Å²) in [6.45, 7) is 0. The molecule has 2 aliphatic rings. The van der Waals surface area contributed by atoms with Crippen LogP contribution in [0.5, 0.6) is 0 Å². The fraction of sp³-hybridized carbons (Fsp3) is 0.312. The van der Waals surface area contributed by atoms with Crippen molar-refractivity contribution in [1.82, 2.24) is 5.32 Å². The average molecular weight is 319 g/mol. The SMILES string of the molecule is O=C1N[C@H](c2ccc(Cl)cc2)Nc2sc3c(c21)CCCC3. The van der Waals surface area contributed by atoms with Crippen molar-refractivity contribution in [2.75, 3.05) is 5.32 Å². The number of nitrogens with one attached hydrogen (secondary N) is 2. The highest BCUT2D eigenvalue weighted by Crippen LogP contribution is 2.41. The van der Waals surface area contributed by atoms with Gasteiger partial charge in [0.25, 0.3) is 5.91 Å². The fourth-order valence-electron chi connectivity index (χ4n) is 3.10. The summed E-state index contributed by atoms with van der Waals surface area (Å²) in [5.41, 5.74) is 3.16. The Labute approximate surface area is 132 Å². The molecule has 1 aromatic carbocycles. The van der Waals surface area contributed by atoms with E-state index in [4.69, 9.17) is 11.6 Å². The van der Waals surface area contributed by atoms with Gasteiger partial charge in [-0.15, -0.1) is 11.3 Å². The van der Waals surface area contributed by atoms with Crippen molar-refractivity contribution < 1.29 is 4.79 Å². The van der Waals surface area contributed by atoms with Crippen LogP contribution in [0.25, 0.3) is 0 Å². The maximum atomic E-state index is 12.5. The van der Waals surface area contributed by atoms with E-state index in [0.29, 0.717) is 5.02 Å². The van der Waals surface area contributed by atoms with Crippen LogP contribution in [0.3, 0.4) is 0 Å². The predicted octanol–water partition coefficient (Wildman–Crippen LogP) is 4.13. The molecular formula is C16H15ClN2OS. The molecule has 5 heteroatoms. The van der Waals surface area contributed by atoms with Crippen LogP contribution in [0.15, 0.2) is 24.3 Å². The molecule has 2 N–H and O–H groups in total. The number of rotatable bonds is 1. The third-order valence-electron chi connectivity index (χ3n) is 4.15. The number of amides is 1. The molecule has 0 saturated heterocycles. The summed E-state index contributed by atoms with van der Waals surface area (Å²) in [6, 6.07) is 7.58. The van der Waals surface area contributed by atoms with Gasteiger partial charge in [0.1, 0.15) is 11.2 Å². The highest BCUT2D eigenvalue weighted by atomic mass is 35.5. The summed E-state index contributed by atoms with van der Waals surface area (Å²) in [4.78, 5) is 13.9. The van der Waals surface area contributed by atoms with E-state index in [1.54, 1.807) is 11.3 Å². The molecule has 3 nitrogen and oxygen atoms in total. The Bertz CT molecular complexity index is 708. The highest BCUT2D eigenvalue weighted by Gasteiger charge is 2.31. The summed E-state index contributed by atoms with van der Waals surface area (Å²) in [5.74, 6) is 0.0445. The van der Waals surface area contributed by atoms with Gasteiger partial charge in [-0.3, -0.25) is 4.79 Å². The normalized spacial score (nSPS) is 20.2.